The maximum absolute atomic E-state index is 6.28. The summed E-state index contributed by atoms with van der Waals surface area (Å²) in [5.74, 6) is 2.82. The summed E-state index contributed by atoms with van der Waals surface area (Å²) in [6.07, 6.45) is 5.09. The number of nitrogens with zero attached hydrogens (tertiary/aromatic N) is 2. The molecule has 0 bridgehead atoms. The summed E-state index contributed by atoms with van der Waals surface area (Å²) >= 11 is 0. The van der Waals surface area contributed by atoms with E-state index in [-0.39, 0.29) is 6.10 Å². The number of fused-ring (bicyclic) bond motifs is 4. The molecular weight excluding hydrogens is 400 g/mol. The number of hydrogen-bond acceptors (Lipinski definition) is 5. The van der Waals surface area contributed by atoms with Gasteiger partial charge in [0.2, 0.25) is 0 Å². The first-order valence-corrected chi connectivity index (χ1v) is 11.6. The largest absolute Gasteiger partial charge is 0.494 e. The zero-order valence-electron chi connectivity index (χ0n) is 18.8. The van der Waals surface area contributed by atoms with Gasteiger partial charge in [-0.15, -0.1) is 0 Å². The van der Waals surface area contributed by atoms with E-state index in [1.807, 2.05) is 44.3 Å². The van der Waals surface area contributed by atoms with Crippen molar-refractivity contribution in [2.75, 3.05) is 19.7 Å². The van der Waals surface area contributed by atoms with E-state index in [0.717, 1.165) is 79.2 Å². The van der Waals surface area contributed by atoms with Gasteiger partial charge in [-0.3, -0.25) is 9.88 Å². The first-order chi connectivity index (χ1) is 15.7. The van der Waals surface area contributed by atoms with E-state index >= 15 is 0 Å². The summed E-state index contributed by atoms with van der Waals surface area (Å²) < 4.78 is 18.2. The summed E-state index contributed by atoms with van der Waals surface area (Å²) in [6, 6.07) is 16.3. The molecule has 0 saturated carbocycles. The number of hydrogen-bond donors (Lipinski definition) is 0. The Balaban J connectivity index is 1.13. The van der Waals surface area contributed by atoms with Crippen LogP contribution >= 0.6 is 0 Å². The van der Waals surface area contributed by atoms with Crippen LogP contribution in [0.4, 0.5) is 0 Å². The number of furan rings is 1. The van der Waals surface area contributed by atoms with E-state index in [2.05, 4.69) is 34.1 Å². The van der Waals surface area contributed by atoms with Crippen LogP contribution in [0.5, 0.6) is 11.5 Å². The summed E-state index contributed by atoms with van der Waals surface area (Å²) in [5.41, 5.74) is 3.21. The smallest absolute Gasteiger partial charge is 0.176 e. The molecule has 1 aliphatic heterocycles. The lowest BCUT2D eigenvalue weighted by Gasteiger charge is -2.25. The van der Waals surface area contributed by atoms with Crippen molar-refractivity contribution in [3.63, 3.8) is 0 Å². The quantitative estimate of drug-likeness (QED) is 0.322. The molecule has 0 aliphatic carbocycles. The third kappa shape index (κ3) is 4.44. The summed E-state index contributed by atoms with van der Waals surface area (Å²) in [6.45, 7) is 7.79. The minimum Gasteiger partial charge on any atom is -0.494 e. The number of aromatic nitrogens is 1. The molecule has 0 saturated heterocycles. The molecule has 5 nitrogen and oxygen atoms in total. The van der Waals surface area contributed by atoms with Gasteiger partial charge in [-0.2, -0.15) is 0 Å². The summed E-state index contributed by atoms with van der Waals surface area (Å²) in [5, 5.41) is 2.34. The Kier molecular flexibility index (Phi) is 5.99. The molecule has 0 radical (unpaired) electrons. The Morgan fingerprint density at radius 1 is 1.09 bits per heavy atom. The van der Waals surface area contributed by atoms with Crippen molar-refractivity contribution in [2.24, 2.45) is 0 Å². The second-order valence-electron chi connectivity index (χ2n) is 8.74. The molecule has 1 aliphatic rings. The van der Waals surface area contributed by atoms with Gasteiger partial charge in [0.15, 0.2) is 11.3 Å². The molecule has 0 unspecified atom stereocenters. The number of unbranched alkanes of at least 4 members (excludes halogenated alkanes) is 1. The van der Waals surface area contributed by atoms with Crippen LogP contribution < -0.4 is 9.47 Å². The molecule has 5 heteroatoms. The molecule has 0 amide bonds. The van der Waals surface area contributed by atoms with Crippen molar-refractivity contribution in [1.29, 1.82) is 0 Å². The average molecular weight is 431 g/mol. The van der Waals surface area contributed by atoms with Crippen LogP contribution in [-0.4, -0.2) is 35.7 Å². The van der Waals surface area contributed by atoms with Gasteiger partial charge in [0.05, 0.1) is 24.8 Å². The van der Waals surface area contributed by atoms with Crippen LogP contribution in [-0.2, 0) is 13.0 Å². The Labute approximate surface area is 188 Å². The Morgan fingerprint density at radius 2 is 2.03 bits per heavy atom. The molecule has 0 fully saturated rings. The molecule has 2 aromatic heterocycles. The minimum atomic E-state index is 0.132. The van der Waals surface area contributed by atoms with Crippen LogP contribution in [0.25, 0.3) is 21.9 Å². The van der Waals surface area contributed by atoms with Crippen molar-refractivity contribution in [2.45, 2.75) is 45.8 Å². The molecule has 3 heterocycles. The SMILES string of the molecule is CC(C)Oc1cccc2c3c(oc12)CN(CCCCOc1ccc2cccnc2c1)CC3. The predicted molar refractivity (Wildman–Crippen MR) is 127 cm³/mol. The van der Waals surface area contributed by atoms with Gasteiger partial charge in [0.25, 0.3) is 0 Å². The van der Waals surface area contributed by atoms with Crippen molar-refractivity contribution >= 4 is 21.9 Å². The first-order valence-electron chi connectivity index (χ1n) is 11.6. The van der Waals surface area contributed by atoms with Crippen LogP contribution in [0, 0.1) is 0 Å². The molecule has 32 heavy (non-hydrogen) atoms. The third-order valence-corrected chi connectivity index (χ3v) is 5.99. The van der Waals surface area contributed by atoms with Gasteiger partial charge in [-0.1, -0.05) is 18.2 Å². The van der Waals surface area contributed by atoms with Crippen molar-refractivity contribution in [3.05, 3.63) is 66.1 Å². The maximum Gasteiger partial charge on any atom is 0.176 e. The second kappa shape index (κ2) is 9.21. The van der Waals surface area contributed by atoms with E-state index in [1.165, 1.54) is 10.9 Å². The first kappa shape index (κ1) is 20.8. The highest BCUT2D eigenvalue weighted by Gasteiger charge is 2.24. The highest BCUT2D eigenvalue weighted by atomic mass is 16.5. The number of ether oxygens (including phenoxy) is 2. The van der Waals surface area contributed by atoms with E-state index in [4.69, 9.17) is 13.9 Å². The lowest BCUT2D eigenvalue weighted by Crippen LogP contribution is -2.30. The van der Waals surface area contributed by atoms with Crippen LogP contribution in [0.15, 0.2) is 59.1 Å². The van der Waals surface area contributed by atoms with Crippen molar-refractivity contribution < 1.29 is 13.9 Å². The molecule has 0 N–H and O–H groups in total. The molecule has 5 rings (SSSR count). The molecule has 0 spiro atoms. The van der Waals surface area contributed by atoms with Crippen LogP contribution in [0.1, 0.15) is 38.0 Å². The van der Waals surface area contributed by atoms with Crippen LogP contribution in [0.3, 0.4) is 0 Å². The Hall–Kier alpha value is -3.05. The fourth-order valence-corrected chi connectivity index (χ4v) is 4.45. The van der Waals surface area contributed by atoms with Gasteiger partial charge < -0.3 is 13.9 Å². The average Bonchev–Trinajstić information content (AvgIpc) is 3.17. The lowest BCUT2D eigenvalue weighted by atomic mass is 10.0. The molecule has 166 valence electrons. The van der Waals surface area contributed by atoms with E-state index < -0.39 is 0 Å². The molecular formula is C27H30N2O3. The normalized spacial score (nSPS) is 14.2. The van der Waals surface area contributed by atoms with Crippen LogP contribution in [0.2, 0.25) is 0 Å². The summed E-state index contributed by atoms with van der Waals surface area (Å²) in [4.78, 5) is 6.88. The van der Waals surface area contributed by atoms with Gasteiger partial charge >= 0.3 is 0 Å². The number of benzene rings is 2. The minimum absolute atomic E-state index is 0.132. The van der Waals surface area contributed by atoms with E-state index in [0.29, 0.717) is 0 Å². The highest BCUT2D eigenvalue weighted by Crippen LogP contribution is 2.36. The molecule has 2 aromatic carbocycles. The van der Waals surface area contributed by atoms with Gasteiger partial charge in [0.1, 0.15) is 11.5 Å². The van der Waals surface area contributed by atoms with E-state index in [9.17, 15) is 0 Å². The Bertz CT molecular complexity index is 1210. The third-order valence-electron chi connectivity index (χ3n) is 5.99. The summed E-state index contributed by atoms with van der Waals surface area (Å²) in [7, 11) is 0. The number of para-hydroxylation sites is 1. The van der Waals surface area contributed by atoms with Crippen molar-refractivity contribution in [3.8, 4) is 11.5 Å². The monoisotopic (exact) mass is 430 g/mol. The number of pyridine rings is 1. The fraction of sp³-hybridized carbons (Fsp3) is 0.370. The Morgan fingerprint density at radius 3 is 2.94 bits per heavy atom. The van der Waals surface area contributed by atoms with Gasteiger partial charge in [0, 0.05) is 35.1 Å². The number of rotatable bonds is 8. The van der Waals surface area contributed by atoms with Crippen molar-refractivity contribution in [1.82, 2.24) is 9.88 Å². The van der Waals surface area contributed by atoms with Gasteiger partial charge in [-0.05, 0) is 63.9 Å². The topological polar surface area (TPSA) is 47.7 Å². The zero-order chi connectivity index (χ0) is 21.9. The van der Waals surface area contributed by atoms with E-state index in [1.54, 1.807) is 0 Å². The second-order valence-corrected chi connectivity index (χ2v) is 8.74. The molecule has 0 atom stereocenters. The predicted octanol–water partition coefficient (Wildman–Crippen LogP) is 5.99. The zero-order valence-corrected chi connectivity index (χ0v) is 18.8. The van der Waals surface area contributed by atoms with Gasteiger partial charge in [-0.25, -0.2) is 0 Å². The maximum atomic E-state index is 6.28. The lowest BCUT2D eigenvalue weighted by molar-refractivity contribution is 0.216. The highest BCUT2D eigenvalue weighted by molar-refractivity contribution is 5.87. The standard InChI is InChI=1S/C27H30N2O3/c1-19(2)31-25-9-5-8-23-22-12-15-29(18-26(22)32-27(23)25)14-3-4-16-30-21-11-10-20-7-6-13-28-24(20)17-21/h5-11,13,17,19H,3-4,12,14-16,18H2,1-2H3. The molecule has 4 aromatic rings. The fourth-order valence-electron chi connectivity index (χ4n) is 4.45.